The third-order valence-corrected chi connectivity index (χ3v) is 3.17. The van der Waals surface area contributed by atoms with Crippen LogP contribution in [0.2, 0.25) is 0 Å². The molecule has 0 amide bonds. The number of nitrogens with one attached hydrogen (secondary N) is 1. The molecule has 0 radical (unpaired) electrons. The predicted molar refractivity (Wildman–Crippen MR) is 65.4 cm³/mol. The third-order valence-electron chi connectivity index (χ3n) is 3.17. The van der Waals surface area contributed by atoms with Crippen molar-refractivity contribution in [1.82, 2.24) is 14.9 Å². The summed E-state index contributed by atoms with van der Waals surface area (Å²) in [6.07, 6.45) is 7.42. The van der Waals surface area contributed by atoms with Crippen LogP contribution in [0.4, 0.5) is 5.82 Å². The van der Waals surface area contributed by atoms with Crippen LogP contribution in [0.15, 0.2) is 18.6 Å². The van der Waals surface area contributed by atoms with Crippen LogP contribution in [-0.4, -0.2) is 40.5 Å². The van der Waals surface area contributed by atoms with E-state index in [1.165, 1.54) is 32.4 Å². The third kappa shape index (κ3) is 3.17. The first kappa shape index (κ1) is 11.3. The van der Waals surface area contributed by atoms with Gasteiger partial charge < -0.3 is 5.32 Å². The van der Waals surface area contributed by atoms with E-state index in [2.05, 4.69) is 27.1 Å². The fraction of sp³-hybridized carbons (Fsp3) is 0.667. The maximum atomic E-state index is 4.16. The Morgan fingerprint density at radius 1 is 1.38 bits per heavy atom. The average molecular weight is 220 g/mol. The van der Waals surface area contributed by atoms with Gasteiger partial charge in [0, 0.05) is 18.8 Å². The number of hydrogen-bond donors (Lipinski definition) is 1. The summed E-state index contributed by atoms with van der Waals surface area (Å²) >= 11 is 0. The van der Waals surface area contributed by atoms with Crippen molar-refractivity contribution in [3.63, 3.8) is 0 Å². The van der Waals surface area contributed by atoms with Crippen molar-refractivity contribution in [2.75, 3.05) is 25.0 Å². The lowest BCUT2D eigenvalue weighted by molar-refractivity contribution is 0.180. The van der Waals surface area contributed by atoms with Crippen molar-refractivity contribution in [3.8, 4) is 0 Å². The largest absolute Gasteiger partial charge is 0.368 e. The highest BCUT2D eigenvalue weighted by Gasteiger charge is 2.16. The zero-order chi connectivity index (χ0) is 11.2. The smallest absolute Gasteiger partial charge is 0.129 e. The lowest BCUT2D eigenvalue weighted by atomic mass is 10.1. The highest BCUT2D eigenvalue weighted by Crippen LogP contribution is 2.12. The Kier molecular flexibility index (Phi) is 4.10. The van der Waals surface area contributed by atoms with Gasteiger partial charge in [0.05, 0.1) is 0 Å². The fourth-order valence-corrected chi connectivity index (χ4v) is 2.14. The molecule has 1 fully saturated rings. The number of rotatable bonds is 4. The molecule has 0 aliphatic carbocycles. The second kappa shape index (κ2) is 5.80. The molecule has 1 aromatic heterocycles. The number of aromatic nitrogens is 2. The highest BCUT2D eigenvalue weighted by molar-refractivity contribution is 5.31. The number of nitrogens with zero attached hydrogens (tertiary/aromatic N) is 3. The van der Waals surface area contributed by atoms with Crippen molar-refractivity contribution in [2.45, 2.75) is 32.2 Å². The summed E-state index contributed by atoms with van der Waals surface area (Å²) in [6.45, 7) is 5.72. The van der Waals surface area contributed by atoms with Crippen molar-refractivity contribution in [2.24, 2.45) is 0 Å². The molecule has 4 nitrogen and oxygen atoms in total. The van der Waals surface area contributed by atoms with Crippen molar-refractivity contribution < 1.29 is 0 Å². The minimum absolute atomic E-state index is 0.579. The molecule has 2 heterocycles. The highest BCUT2D eigenvalue weighted by atomic mass is 15.2. The number of anilines is 1. The molecule has 4 heteroatoms. The van der Waals surface area contributed by atoms with Gasteiger partial charge in [-0.1, -0.05) is 6.42 Å². The molecule has 1 atom stereocenters. The molecule has 1 unspecified atom stereocenters. The van der Waals surface area contributed by atoms with Crippen LogP contribution in [0.25, 0.3) is 0 Å². The molecular formula is C12H20N4. The Labute approximate surface area is 97.1 Å². The Morgan fingerprint density at radius 3 is 2.88 bits per heavy atom. The van der Waals surface area contributed by atoms with Crippen LogP contribution < -0.4 is 5.32 Å². The van der Waals surface area contributed by atoms with Gasteiger partial charge in [-0.3, -0.25) is 4.90 Å². The summed E-state index contributed by atoms with van der Waals surface area (Å²) in [4.78, 5) is 10.6. The molecular weight excluding hydrogens is 200 g/mol. The maximum absolute atomic E-state index is 4.16. The first-order chi connectivity index (χ1) is 7.86. The Balaban J connectivity index is 1.76. The summed E-state index contributed by atoms with van der Waals surface area (Å²) in [5, 5.41) is 3.35. The van der Waals surface area contributed by atoms with Gasteiger partial charge >= 0.3 is 0 Å². The van der Waals surface area contributed by atoms with Gasteiger partial charge in [-0.15, -0.1) is 0 Å². The van der Waals surface area contributed by atoms with Crippen molar-refractivity contribution in [1.29, 1.82) is 0 Å². The summed E-state index contributed by atoms with van der Waals surface area (Å²) in [7, 11) is 0. The van der Waals surface area contributed by atoms with Crippen LogP contribution in [0, 0.1) is 0 Å². The minimum Gasteiger partial charge on any atom is -0.368 e. The van der Waals surface area contributed by atoms with Crippen molar-refractivity contribution >= 4 is 5.82 Å². The van der Waals surface area contributed by atoms with E-state index in [9.17, 15) is 0 Å². The number of likely N-dealkylation sites (tertiary alicyclic amines) is 1. The van der Waals surface area contributed by atoms with Gasteiger partial charge in [-0.05, 0) is 38.9 Å². The van der Waals surface area contributed by atoms with E-state index >= 15 is 0 Å². The lowest BCUT2D eigenvalue weighted by Gasteiger charge is -2.32. The lowest BCUT2D eigenvalue weighted by Crippen LogP contribution is -2.41. The summed E-state index contributed by atoms with van der Waals surface area (Å²) in [5.41, 5.74) is 0. The van der Waals surface area contributed by atoms with Gasteiger partial charge in [0.15, 0.2) is 0 Å². The van der Waals surface area contributed by atoms with Gasteiger partial charge in [0.25, 0.3) is 0 Å². The molecule has 2 rings (SSSR count). The zero-order valence-corrected chi connectivity index (χ0v) is 9.89. The van der Waals surface area contributed by atoms with E-state index in [-0.39, 0.29) is 0 Å². The Hall–Kier alpha value is -1.16. The normalized spacial score (nSPS) is 19.3. The summed E-state index contributed by atoms with van der Waals surface area (Å²) < 4.78 is 0. The molecule has 0 saturated carbocycles. The first-order valence-corrected chi connectivity index (χ1v) is 6.10. The zero-order valence-electron chi connectivity index (χ0n) is 9.89. The van der Waals surface area contributed by atoms with E-state index in [4.69, 9.17) is 0 Å². The number of hydrogen-bond acceptors (Lipinski definition) is 4. The van der Waals surface area contributed by atoms with Crippen LogP contribution >= 0.6 is 0 Å². The van der Waals surface area contributed by atoms with Gasteiger partial charge in [-0.2, -0.15) is 0 Å². The van der Waals surface area contributed by atoms with Gasteiger partial charge in [0.1, 0.15) is 12.1 Å². The standard InChI is InChI=1S/C12H20N4/c1-11(16-7-3-2-4-8-16)9-14-12-5-6-13-10-15-12/h5-6,10-11H,2-4,7-9H2,1H3,(H,13,14,15). The second-order valence-corrected chi connectivity index (χ2v) is 4.42. The Morgan fingerprint density at radius 2 is 2.19 bits per heavy atom. The van der Waals surface area contributed by atoms with E-state index in [1.54, 1.807) is 12.5 Å². The van der Waals surface area contributed by atoms with E-state index in [1.807, 2.05) is 6.07 Å². The molecule has 1 aromatic rings. The van der Waals surface area contributed by atoms with E-state index in [0.29, 0.717) is 6.04 Å². The molecule has 1 N–H and O–H groups in total. The minimum atomic E-state index is 0.579. The van der Waals surface area contributed by atoms with Crippen LogP contribution in [0.1, 0.15) is 26.2 Å². The molecule has 0 aromatic carbocycles. The van der Waals surface area contributed by atoms with Crippen LogP contribution in [-0.2, 0) is 0 Å². The molecule has 1 aliphatic heterocycles. The molecule has 0 spiro atoms. The van der Waals surface area contributed by atoms with Crippen LogP contribution in [0.5, 0.6) is 0 Å². The summed E-state index contributed by atoms with van der Waals surface area (Å²) in [5.74, 6) is 0.916. The monoisotopic (exact) mass is 220 g/mol. The van der Waals surface area contributed by atoms with E-state index in [0.717, 1.165) is 12.4 Å². The molecule has 1 aliphatic rings. The fourth-order valence-electron chi connectivity index (χ4n) is 2.14. The van der Waals surface area contributed by atoms with Crippen LogP contribution in [0.3, 0.4) is 0 Å². The molecule has 16 heavy (non-hydrogen) atoms. The van der Waals surface area contributed by atoms with Gasteiger partial charge in [0.2, 0.25) is 0 Å². The van der Waals surface area contributed by atoms with E-state index < -0.39 is 0 Å². The first-order valence-electron chi connectivity index (χ1n) is 6.10. The second-order valence-electron chi connectivity index (χ2n) is 4.42. The maximum Gasteiger partial charge on any atom is 0.129 e. The molecule has 0 bridgehead atoms. The molecule has 1 saturated heterocycles. The predicted octanol–water partition coefficient (Wildman–Crippen LogP) is 1.76. The van der Waals surface area contributed by atoms with Gasteiger partial charge in [-0.25, -0.2) is 9.97 Å². The molecule has 88 valence electrons. The SMILES string of the molecule is CC(CNc1ccncn1)N1CCCCC1. The topological polar surface area (TPSA) is 41.1 Å². The van der Waals surface area contributed by atoms with Crippen molar-refractivity contribution in [3.05, 3.63) is 18.6 Å². The number of piperidine rings is 1. The Bertz CT molecular complexity index is 295. The summed E-state index contributed by atoms with van der Waals surface area (Å²) in [6, 6.07) is 2.48. The quantitative estimate of drug-likeness (QED) is 0.839. The average Bonchev–Trinajstić information content (AvgIpc) is 2.38.